The first-order chi connectivity index (χ1) is 27.4. The molecule has 1 heterocycles. The van der Waals surface area contributed by atoms with E-state index in [2.05, 4.69) is 122 Å². The molecule has 0 amide bonds. The molecular weight excluding hydrogens is 683 g/mol. The van der Waals surface area contributed by atoms with Crippen LogP contribution in [0, 0.1) is 0 Å². The third-order valence-electron chi connectivity index (χ3n) is 12.2. The molecule has 1 aliphatic rings. The lowest BCUT2D eigenvalue weighted by Crippen LogP contribution is -2.16. The average molecular weight is 718 g/mol. The molecule has 1 aromatic heterocycles. The summed E-state index contributed by atoms with van der Waals surface area (Å²) in [5, 5.41) is 8.53. The molecular formula is C53H35NO2. The van der Waals surface area contributed by atoms with Crippen LogP contribution in [-0.2, 0) is 5.41 Å². The number of fused-ring (bicyclic) bond motifs is 9. The molecule has 0 aliphatic heterocycles. The molecule has 10 aromatic rings. The highest BCUT2D eigenvalue weighted by molar-refractivity contribution is 6.20. The van der Waals surface area contributed by atoms with E-state index < -0.39 is 0 Å². The van der Waals surface area contributed by atoms with Crippen molar-refractivity contribution in [3.05, 3.63) is 209 Å². The Morgan fingerprint density at radius 2 is 0.911 bits per heavy atom. The molecule has 0 unspecified atom stereocenters. The van der Waals surface area contributed by atoms with Crippen molar-refractivity contribution in [2.75, 3.05) is 0 Å². The normalized spacial score (nSPS) is 13.1. The van der Waals surface area contributed by atoms with Crippen molar-refractivity contribution in [3.8, 4) is 16.8 Å². The van der Waals surface area contributed by atoms with Gasteiger partial charge < -0.3 is 4.57 Å². The average Bonchev–Trinajstić information content (AvgIpc) is 3.68. The summed E-state index contributed by atoms with van der Waals surface area (Å²) in [6, 6.07) is 60.1. The summed E-state index contributed by atoms with van der Waals surface area (Å²) in [5.41, 5.74) is 10.2. The topological polar surface area (TPSA) is 39.1 Å². The van der Waals surface area contributed by atoms with Gasteiger partial charge in [0.05, 0.1) is 16.7 Å². The first-order valence-electron chi connectivity index (χ1n) is 19.2. The van der Waals surface area contributed by atoms with Crippen molar-refractivity contribution in [2.24, 2.45) is 0 Å². The van der Waals surface area contributed by atoms with Crippen LogP contribution in [0.2, 0.25) is 0 Å². The molecule has 3 nitrogen and oxygen atoms in total. The smallest absolute Gasteiger partial charge is 0.193 e. The molecule has 9 aromatic carbocycles. The molecule has 3 heteroatoms. The van der Waals surface area contributed by atoms with E-state index in [0.717, 1.165) is 82.1 Å². The summed E-state index contributed by atoms with van der Waals surface area (Å²) < 4.78 is 2.34. The van der Waals surface area contributed by atoms with E-state index in [9.17, 15) is 9.59 Å². The lowest BCUT2D eigenvalue weighted by atomic mass is 9.81. The third kappa shape index (κ3) is 4.64. The van der Waals surface area contributed by atoms with Crippen LogP contribution in [0.15, 0.2) is 176 Å². The van der Waals surface area contributed by atoms with Gasteiger partial charge in [-0.05, 0) is 79.5 Å². The summed E-state index contributed by atoms with van der Waals surface area (Å²) in [4.78, 5) is 28.5. The molecule has 0 saturated heterocycles. The number of carbonyl (C=O) groups excluding carboxylic acids is 2. The Hall–Kier alpha value is -7.10. The van der Waals surface area contributed by atoms with Gasteiger partial charge in [0.25, 0.3) is 0 Å². The fourth-order valence-corrected chi connectivity index (χ4v) is 9.35. The molecule has 11 rings (SSSR count). The van der Waals surface area contributed by atoms with Gasteiger partial charge in [0.15, 0.2) is 11.6 Å². The van der Waals surface area contributed by atoms with Crippen molar-refractivity contribution in [1.29, 1.82) is 0 Å². The maximum absolute atomic E-state index is 14.4. The van der Waals surface area contributed by atoms with Crippen LogP contribution in [-0.4, -0.2) is 16.1 Å². The fraction of sp³-hybridized carbons (Fsp3) is 0.0566. The standard InChI is InChI=1S/C53H35NO2/c1-53(2)46-28-35(51(55)42-21-9-15-32-12-3-6-18-37(32)42)24-26-40(46)44-31-50-45(30-47(44)53)41-27-25-36(52(56)43-22-10-16-33-13-4-7-19-38(33)43)29-49(41)54(50)48-23-11-17-34-14-5-8-20-39(34)48/h3-31H,1-2H3. The molecule has 0 spiro atoms. The number of benzene rings is 9. The zero-order chi connectivity index (χ0) is 37.7. The van der Waals surface area contributed by atoms with Crippen molar-refractivity contribution < 1.29 is 9.59 Å². The van der Waals surface area contributed by atoms with Crippen molar-refractivity contribution >= 4 is 65.7 Å². The highest BCUT2D eigenvalue weighted by Crippen LogP contribution is 2.51. The van der Waals surface area contributed by atoms with Crippen LogP contribution < -0.4 is 0 Å². The Morgan fingerprint density at radius 3 is 1.57 bits per heavy atom. The zero-order valence-corrected chi connectivity index (χ0v) is 31.0. The second kappa shape index (κ2) is 11.9. The number of hydrogen-bond donors (Lipinski definition) is 0. The van der Waals surface area contributed by atoms with Crippen LogP contribution in [0.3, 0.4) is 0 Å². The second-order valence-corrected chi connectivity index (χ2v) is 15.6. The zero-order valence-electron chi connectivity index (χ0n) is 31.0. The van der Waals surface area contributed by atoms with Crippen LogP contribution >= 0.6 is 0 Å². The van der Waals surface area contributed by atoms with E-state index in [-0.39, 0.29) is 17.0 Å². The van der Waals surface area contributed by atoms with Gasteiger partial charge >= 0.3 is 0 Å². The number of rotatable bonds is 5. The summed E-state index contributed by atoms with van der Waals surface area (Å²) >= 11 is 0. The fourth-order valence-electron chi connectivity index (χ4n) is 9.35. The Bertz CT molecular complexity index is 3310. The lowest BCUT2D eigenvalue weighted by Gasteiger charge is -2.22. The maximum atomic E-state index is 14.4. The minimum Gasteiger partial charge on any atom is -0.309 e. The quantitative estimate of drug-likeness (QED) is 0.166. The van der Waals surface area contributed by atoms with E-state index in [1.807, 2.05) is 72.8 Å². The first kappa shape index (κ1) is 32.3. The van der Waals surface area contributed by atoms with Gasteiger partial charge in [-0.15, -0.1) is 0 Å². The van der Waals surface area contributed by atoms with E-state index in [1.165, 1.54) is 5.56 Å². The molecule has 0 radical (unpaired) electrons. The monoisotopic (exact) mass is 717 g/mol. The summed E-state index contributed by atoms with van der Waals surface area (Å²) in [5.74, 6) is 0.0357. The summed E-state index contributed by atoms with van der Waals surface area (Å²) in [6.45, 7) is 4.53. The lowest BCUT2D eigenvalue weighted by molar-refractivity contribution is 0.103. The van der Waals surface area contributed by atoms with Gasteiger partial charge in [-0.3, -0.25) is 9.59 Å². The highest BCUT2D eigenvalue weighted by Gasteiger charge is 2.37. The van der Waals surface area contributed by atoms with Gasteiger partial charge in [0.1, 0.15) is 0 Å². The minimum atomic E-state index is -0.355. The molecule has 56 heavy (non-hydrogen) atoms. The Kier molecular flexibility index (Phi) is 6.90. The largest absolute Gasteiger partial charge is 0.309 e. The Labute approximate surface area is 324 Å². The number of nitrogens with zero attached hydrogens (tertiary/aromatic N) is 1. The Balaban J connectivity index is 1.13. The summed E-state index contributed by atoms with van der Waals surface area (Å²) in [7, 11) is 0. The second-order valence-electron chi connectivity index (χ2n) is 15.6. The van der Waals surface area contributed by atoms with Crippen LogP contribution in [0.4, 0.5) is 0 Å². The van der Waals surface area contributed by atoms with Crippen molar-refractivity contribution in [2.45, 2.75) is 19.3 Å². The number of aromatic nitrogens is 1. The Morgan fingerprint density at radius 1 is 0.411 bits per heavy atom. The predicted octanol–water partition coefficient (Wildman–Crippen LogP) is 13.0. The van der Waals surface area contributed by atoms with E-state index in [1.54, 1.807) is 0 Å². The van der Waals surface area contributed by atoms with Gasteiger partial charge in [-0.2, -0.15) is 0 Å². The predicted molar refractivity (Wildman–Crippen MR) is 231 cm³/mol. The molecule has 0 bridgehead atoms. The molecule has 264 valence electrons. The van der Waals surface area contributed by atoms with Crippen LogP contribution in [0.5, 0.6) is 0 Å². The molecule has 0 atom stereocenters. The molecule has 1 aliphatic carbocycles. The van der Waals surface area contributed by atoms with E-state index in [0.29, 0.717) is 16.7 Å². The van der Waals surface area contributed by atoms with E-state index >= 15 is 0 Å². The van der Waals surface area contributed by atoms with Crippen molar-refractivity contribution in [3.63, 3.8) is 0 Å². The molecule has 0 N–H and O–H groups in total. The molecule has 0 fully saturated rings. The number of carbonyl (C=O) groups is 2. The maximum Gasteiger partial charge on any atom is 0.193 e. The van der Waals surface area contributed by atoms with Crippen LogP contribution in [0.25, 0.3) is 70.9 Å². The molecule has 0 saturated carbocycles. The SMILES string of the molecule is CC1(C)c2cc(C(=O)c3cccc4ccccc34)ccc2-c2cc3c(cc21)c1ccc(C(=O)c2cccc4ccccc24)cc1n3-c1cccc2ccccc12. The van der Waals surface area contributed by atoms with Gasteiger partial charge in [-0.25, -0.2) is 0 Å². The van der Waals surface area contributed by atoms with E-state index in [4.69, 9.17) is 0 Å². The van der Waals surface area contributed by atoms with Gasteiger partial charge in [-0.1, -0.05) is 159 Å². The highest BCUT2D eigenvalue weighted by atomic mass is 16.1. The number of hydrogen-bond acceptors (Lipinski definition) is 2. The summed E-state index contributed by atoms with van der Waals surface area (Å²) in [6.07, 6.45) is 0. The first-order valence-corrected chi connectivity index (χ1v) is 19.2. The van der Waals surface area contributed by atoms with Crippen molar-refractivity contribution in [1.82, 2.24) is 4.57 Å². The van der Waals surface area contributed by atoms with Gasteiger partial charge in [0, 0.05) is 43.8 Å². The van der Waals surface area contributed by atoms with Gasteiger partial charge in [0.2, 0.25) is 0 Å². The minimum absolute atomic E-state index is 0.00447. The number of ketones is 2. The van der Waals surface area contributed by atoms with Crippen LogP contribution in [0.1, 0.15) is 56.8 Å². The third-order valence-corrected chi connectivity index (χ3v) is 12.2.